The van der Waals surface area contributed by atoms with E-state index in [9.17, 15) is 9.90 Å². The highest BCUT2D eigenvalue weighted by Gasteiger charge is 2.32. The van der Waals surface area contributed by atoms with Crippen LogP contribution >= 0.6 is 0 Å². The van der Waals surface area contributed by atoms with Gasteiger partial charge >= 0.3 is 5.97 Å². The maximum absolute atomic E-state index is 11.7. The Morgan fingerprint density at radius 1 is 1.43 bits per heavy atom. The number of carbonyl (C=O) groups is 1. The van der Waals surface area contributed by atoms with Crippen molar-refractivity contribution in [1.82, 2.24) is 14.5 Å². The third kappa shape index (κ3) is 2.69. The average Bonchev–Trinajstić information content (AvgIpc) is 2.89. The predicted octanol–water partition coefficient (Wildman–Crippen LogP) is 1.65. The lowest BCUT2D eigenvalue weighted by atomic mass is 9.92. The zero-order chi connectivity index (χ0) is 14.8. The van der Waals surface area contributed by atoms with Gasteiger partial charge in [0.25, 0.3) is 0 Å². The highest BCUT2D eigenvalue weighted by molar-refractivity contribution is 5.76. The van der Waals surface area contributed by atoms with Crippen LogP contribution in [0.1, 0.15) is 23.0 Å². The molecule has 0 spiro atoms. The monoisotopic (exact) mass is 285 g/mol. The molecule has 0 saturated carbocycles. The normalized spacial score (nSPS) is 18.4. The van der Waals surface area contributed by atoms with Gasteiger partial charge in [-0.3, -0.25) is 9.69 Å². The number of fused-ring (bicyclic) bond motifs is 1. The average molecular weight is 285 g/mol. The number of aromatic nitrogens is 2. The summed E-state index contributed by atoms with van der Waals surface area (Å²) in [5, 5.41) is 9.60. The van der Waals surface area contributed by atoms with Gasteiger partial charge < -0.3 is 9.67 Å². The second-order valence-electron chi connectivity index (χ2n) is 5.43. The van der Waals surface area contributed by atoms with E-state index in [2.05, 4.69) is 4.98 Å². The molecule has 0 aliphatic carbocycles. The molecule has 0 saturated heterocycles. The van der Waals surface area contributed by atoms with Crippen LogP contribution < -0.4 is 0 Å². The van der Waals surface area contributed by atoms with Crippen LogP contribution in [0.25, 0.3) is 0 Å². The third-order valence-corrected chi connectivity index (χ3v) is 4.16. The number of nitrogens with zero attached hydrogens (tertiary/aromatic N) is 3. The van der Waals surface area contributed by atoms with E-state index in [-0.39, 0.29) is 0 Å². The van der Waals surface area contributed by atoms with E-state index in [0.717, 1.165) is 36.3 Å². The van der Waals surface area contributed by atoms with Crippen molar-refractivity contribution in [1.29, 1.82) is 0 Å². The summed E-state index contributed by atoms with van der Waals surface area (Å²) in [7, 11) is 1.96. The lowest BCUT2D eigenvalue weighted by molar-refractivity contribution is -0.144. The standard InChI is InChI=1S/C16H19N3O2/c1-18-11-8-17-14(18)7-10-19-9-6-12-4-2-3-5-13(12)15(19)16(20)21/h2-5,8,11,15H,6-7,9-10H2,1H3,(H,20,21). The summed E-state index contributed by atoms with van der Waals surface area (Å²) in [6.07, 6.45) is 5.35. The molecule has 5 heteroatoms. The van der Waals surface area contributed by atoms with E-state index in [0.29, 0.717) is 6.54 Å². The fourth-order valence-corrected chi connectivity index (χ4v) is 3.03. The van der Waals surface area contributed by atoms with Crippen molar-refractivity contribution < 1.29 is 9.90 Å². The van der Waals surface area contributed by atoms with Gasteiger partial charge in [-0.15, -0.1) is 0 Å². The smallest absolute Gasteiger partial charge is 0.325 e. The Morgan fingerprint density at radius 2 is 2.24 bits per heavy atom. The number of aryl methyl sites for hydroxylation is 1. The third-order valence-electron chi connectivity index (χ3n) is 4.16. The Labute approximate surface area is 123 Å². The Balaban J connectivity index is 1.79. The molecule has 1 aliphatic heterocycles. The quantitative estimate of drug-likeness (QED) is 0.928. The molecule has 1 unspecified atom stereocenters. The van der Waals surface area contributed by atoms with Gasteiger partial charge in [0.1, 0.15) is 11.9 Å². The molecule has 2 aromatic rings. The first-order chi connectivity index (χ1) is 10.2. The zero-order valence-electron chi connectivity index (χ0n) is 12.1. The number of imidazole rings is 1. The molecule has 1 aliphatic rings. The molecule has 0 amide bonds. The second-order valence-corrected chi connectivity index (χ2v) is 5.43. The van der Waals surface area contributed by atoms with Crippen molar-refractivity contribution >= 4 is 5.97 Å². The van der Waals surface area contributed by atoms with E-state index < -0.39 is 12.0 Å². The predicted molar refractivity (Wildman–Crippen MR) is 79.0 cm³/mol. The maximum Gasteiger partial charge on any atom is 0.325 e. The molecule has 110 valence electrons. The molecule has 2 heterocycles. The van der Waals surface area contributed by atoms with E-state index in [4.69, 9.17) is 0 Å². The Hall–Kier alpha value is -2.14. The minimum Gasteiger partial charge on any atom is -0.480 e. The summed E-state index contributed by atoms with van der Waals surface area (Å²) in [5.74, 6) is 0.208. The molecule has 1 aromatic heterocycles. The number of carboxylic acids is 1. The van der Waals surface area contributed by atoms with Gasteiger partial charge in [-0.05, 0) is 17.5 Å². The van der Waals surface area contributed by atoms with Gasteiger partial charge in [0.2, 0.25) is 0 Å². The molecule has 1 N–H and O–H groups in total. The highest BCUT2D eigenvalue weighted by Crippen LogP contribution is 2.29. The molecule has 1 atom stereocenters. The van der Waals surface area contributed by atoms with Crippen LogP contribution in [0, 0.1) is 0 Å². The van der Waals surface area contributed by atoms with Crippen LogP contribution in [0.15, 0.2) is 36.7 Å². The number of carboxylic acid groups (broad SMARTS) is 1. The van der Waals surface area contributed by atoms with Gasteiger partial charge in [-0.25, -0.2) is 4.98 Å². The second kappa shape index (κ2) is 5.69. The van der Waals surface area contributed by atoms with Gasteiger partial charge in [0.15, 0.2) is 0 Å². The van der Waals surface area contributed by atoms with Crippen LogP contribution in [-0.2, 0) is 24.7 Å². The van der Waals surface area contributed by atoms with Gasteiger partial charge in [-0.2, -0.15) is 0 Å². The lowest BCUT2D eigenvalue weighted by Gasteiger charge is -2.34. The van der Waals surface area contributed by atoms with Gasteiger partial charge in [0, 0.05) is 39.0 Å². The van der Waals surface area contributed by atoms with Gasteiger partial charge in [0.05, 0.1) is 0 Å². The summed E-state index contributed by atoms with van der Waals surface area (Å²) < 4.78 is 1.98. The largest absolute Gasteiger partial charge is 0.480 e. The molecule has 5 nitrogen and oxygen atoms in total. The van der Waals surface area contributed by atoms with Crippen molar-refractivity contribution in [2.24, 2.45) is 7.05 Å². The Kier molecular flexibility index (Phi) is 3.75. The topological polar surface area (TPSA) is 58.4 Å². The van der Waals surface area contributed by atoms with Crippen molar-refractivity contribution in [3.8, 4) is 0 Å². The minimum atomic E-state index is -0.776. The first-order valence-corrected chi connectivity index (χ1v) is 7.17. The summed E-state index contributed by atoms with van der Waals surface area (Å²) in [5.41, 5.74) is 2.08. The van der Waals surface area contributed by atoms with E-state index in [1.807, 2.05) is 47.0 Å². The SMILES string of the molecule is Cn1ccnc1CCN1CCc2ccccc2C1C(=O)O. The van der Waals surface area contributed by atoms with Crippen molar-refractivity contribution in [3.05, 3.63) is 53.6 Å². The maximum atomic E-state index is 11.7. The highest BCUT2D eigenvalue weighted by atomic mass is 16.4. The molecular weight excluding hydrogens is 266 g/mol. The minimum absolute atomic E-state index is 0.546. The number of hydrogen-bond acceptors (Lipinski definition) is 3. The zero-order valence-corrected chi connectivity index (χ0v) is 12.1. The number of rotatable bonds is 4. The summed E-state index contributed by atoms with van der Waals surface area (Å²) >= 11 is 0. The molecule has 0 bridgehead atoms. The summed E-state index contributed by atoms with van der Waals surface area (Å²) in [6, 6.07) is 7.30. The number of hydrogen-bond donors (Lipinski definition) is 1. The first-order valence-electron chi connectivity index (χ1n) is 7.17. The molecule has 3 rings (SSSR count). The van der Waals surface area contributed by atoms with Crippen molar-refractivity contribution in [2.45, 2.75) is 18.9 Å². The van der Waals surface area contributed by atoms with E-state index in [1.165, 1.54) is 0 Å². The number of benzene rings is 1. The number of aliphatic carboxylic acids is 1. The van der Waals surface area contributed by atoms with E-state index >= 15 is 0 Å². The molecule has 0 fully saturated rings. The lowest BCUT2D eigenvalue weighted by Crippen LogP contribution is -2.41. The Bertz CT molecular complexity index is 650. The van der Waals surface area contributed by atoms with Crippen LogP contribution in [-0.4, -0.2) is 38.6 Å². The summed E-state index contributed by atoms with van der Waals surface area (Å²) in [6.45, 7) is 1.48. The van der Waals surface area contributed by atoms with Crippen LogP contribution in [0.5, 0.6) is 0 Å². The molecule has 21 heavy (non-hydrogen) atoms. The van der Waals surface area contributed by atoms with Crippen molar-refractivity contribution in [2.75, 3.05) is 13.1 Å². The Morgan fingerprint density at radius 3 is 2.95 bits per heavy atom. The van der Waals surface area contributed by atoms with Gasteiger partial charge in [-0.1, -0.05) is 24.3 Å². The van der Waals surface area contributed by atoms with Crippen LogP contribution in [0.4, 0.5) is 0 Å². The molecule has 0 radical (unpaired) electrons. The van der Waals surface area contributed by atoms with Crippen LogP contribution in [0.2, 0.25) is 0 Å². The first kappa shape index (κ1) is 13.8. The van der Waals surface area contributed by atoms with Crippen molar-refractivity contribution in [3.63, 3.8) is 0 Å². The molecule has 1 aromatic carbocycles. The van der Waals surface area contributed by atoms with Crippen LogP contribution in [0.3, 0.4) is 0 Å². The molecular formula is C16H19N3O2. The fraction of sp³-hybridized carbons (Fsp3) is 0.375. The fourth-order valence-electron chi connectivity index (χ4n) is 3.03. The van der Waals surface area contributed by atoms with E-state index in [1.54, 1.807) is 6.20 Å². The summed E-state index contributed by atoms with van der Waals surface area (Å²) in [4.78, 5) is 18.0.